The van der Waals surface area contributed by atoms with Crippen LogP contribution in [0.3, 0.4) is 0 Å². The maximum absolute atomic E-state index is 13.1. The zero-order chi connectivity index (χ0) is 23.6. The first kappa shape index (κ1) is 25.7. The van der Waals surface area contributed by atoms with Gasteiger partial charge in [0.25, 0.3) is 0 Å². The van der Waals surface area contributed by atoms with E-state index in [1.165, 1.54) is 0 Å². The third-order valence-corrected chi connectivity index (χ3v) is 7.26. The van der Waals surface area contributed by atoms with Gasteiger partial charge in [0.2, 0.25) is 0 Å². The molecule has 0 radical (unpaired) electrons. The highest BCUT2D eigenvalue weighted by Gasteiger charge is 2.53. The summed E-state index contributed by atoms with van der Waals surface area (Å²) in [6.45, 7) is 10.7. The number of carbonyl (C=O) groups excluding carboxylic acids is 2. The summed E-state index contributed by atoms with van der Waals surface area (Å²) in [6, 6.07) is 0. The molecule has 0 aromatic rings. The van der Waals surface area contributed by atoms with E-state index in [-0.39, 0.29) is 29.8 Å². The number of ether oxygens (including phenoxy) is 2. The number of epoxide rings is 1. The van der Waals surface area contributed by atoms with Crippen molar-refractivity contribution in [1.29, 1.82) is 5.41 Å². The maximum Gasteiger partial charge on any atom is 0.309 e. The van der Waals surface area contributed by atoms with Crippen LogP contribution in [-0.2, 0) is 19.1 Å². The summed E-state index contributed by atoms with van der Waals surface area (Å²) < 4.78 is 11.6. The number of Topliss-reactive ketones (excluding diaryl/α,β-unsaturated/α-hetero) is 1. The van der Waals surface area contributed by atoms with E-state index in [4.69, 9.17) is 14.9 Å². The average Bonchev–Trinajstić information content (AvgIpc) is 3.33. The Morgan fingerprint density at radius 1 is 1.19 bits per heavy atom. The van der Waals surface area contributed by atoms with Gasteiger partial charge in [-0.1, -0.05) is 34.1 Å². The highest BCUT2D eigenvalue weighted by molar-refractivity contribution is 5.88. The molecule has 0 unspecified atom stereocenters. The summed E-state index contributed by atoms with van der Waals surface area (Å²) in [5.74, 6) is -1.61. The van der Waals surface area contributed by atoms with Crippen molar-refractivity contribution >= 4 is 18.0 Å². The first-order valence-corrected chi connectivity index (χ1v) is 11.3. The number of cyclic esters (lactones) is 1. The number of hydrogen-bond acceptors (Lipinski definition) is 7. The van der Waals surface area contributed by atoms with Gasteiger partial charge in [0, 0.05) is 18.6 Å². The molecule has 2 rings (SSSR count). The minimum atomic E-state index is -1.24. The zero-order valence-electron chi connectivity index (χ0n) is 19.7. The van der Waals surface area contributed by atoms with Crippen molar-refractivity contribution in [1.82, 2.24) is 0 Å². The van der Waals surface area contributed by atoms with E-state index in [2.05, 4.69) is 0 Å². The number of aliphatic hydroxyl groups is 2. The molecule has 7 heteroatoms. The molecule has 0 aromatic carbocycles. The van der Waals surface area contributed by atoms with Crippen molar-refractivity contribution in [2.24, 2.45) is 17.3 Å². The molecule has 2 saturated heterocycles. The number of aliphatic hydroxyl groups excluding tert-OH is 2. The molecule has 0 bridgehead atoms. The summed E-state index contributed by atoms with van der Waals surface area (Å²) >= 11 is 0. The van der Waals surface area contributed by atoms with E-state index in [1.54, 1.807) is 33.8 Å². The number of carbonyl (C=O) groups is 2. The molecule has 0 amide bonds. The lowest BCUT2D eigenvalue weighted by atomic mass is 9.73. The minimum Gasteiger partial charge on any atom is -0.458 e. The van der Waals surface area contributed by atoms with E-state index in [9.17, 15) is 19.8 Å². The van der Waals surface area contributed by atoms with Gasteiger partial charge in [-0.25, -0.2) is 0 Å². The molecule has 7 nitrogen and oxygen atoms in total. The Labute approximate surface area is 185 Å². The van der Waals surface area contributed by atoms with Crippen LogP contribution in [-0.4, -0.2) is 58.2 Å². The lowest BCUT2D eigenvalue weighted by Crippen LogP contribution is -2.45. The van der Waals surface area contributed by atoms with Crippen molar-refractivity contribution in [3.8, 4) is 0 Å². The van der Waals surface area contributed by atoms with Crippen molar-refractivity contribution in [2.75, 3.05) is 0 Å². The number of rotatable bonds is 2. The smallest absolute Gasteiger partial charge is 0.309 e. The minimum absolute atomic E-state index is 0.0608. The van der Waals surface area contributed by atoms with Crippen molar-refractivity contribution in [3.05, 3.63) is 11.6 Å². The third kappa shape index (κ3) is 6.02. The molecule has 0 saturated carbocycles. The Kier molecular flexibility index (Phi) is 8.22. The second-order valence-electron chi connectivity index (χ2n) is 10.2. The van der Waals surface area contributed by atoms with Crippen LogP contribution in [0.4, 0.5) is 0 Å². The third-order valence-electron chi connectivity index (χ3n) is 7.26. The molecular formula is C24H39NO6. The van der Waals surface area contributed by atoms with E-state index in [0.717, 1.165) is 31.1 Å². The van der Waals surface area contributed by atoms with Gasteiger partial charge < -0.3 is 25.1 Å². The Bertz CT molecular complexity index is 717. The molecule has 0 aliphatic carbocycles. The van der Waals surface area contributed by atoms with Gasteiger partial charge in [-0.2, -0.15) is 0 Å². The Morgan fingerprint density at radius 3 is 2.45 bits per heavy atom. The van der Waals surface area contributed by atoms with Gasteiger partial charge in [0.05, 0.1) is 35.7 Å². The predicted octanol–water partition coefficient (Wildman–Crippen LogP) is 3.20. The second kappa shape index (κ2) is 9.92. The fourth-order valence-corrected chi connectivity index (χ4v) is 4.53. The van der Waals surface area contributed by atoms with Crippen LogP contribution in [0.2, 0.25) is 0 Å². The van der Waals surface area contributed by atoms with Gasteiger partial charge in [0.15, 0.2) is 0 Å². The molecule has 176 valence electrons. The first-order chi connectivity index (χ1) is 14.3. The maximum atomic E-state index is 13.1. The standard InChI is InChI=1S/C24H39NO6/c1-14(9-11-25)17-12-19-24(6,31-19)10-7-8-15(2)21(28)16(3)22(29)23(4,5)18(26)13-20(27)30-17/h9,11,15-19,21,25-26,28H,7-8,10,12-13H2,1-6H3/b14-9+,25-11?/t15-,16+,17-,18-,19-,21-,24+/m0/s1. The fourth-order valence-electron chi connectivity index (χ4n) is 4.53. The Balaban J connectivity index is 2.28. The topological polar surface area (TPSA) is 120 Å². The molecule has 2 heterocycles. The second-order valence-corrected chi connectivity index (χ2v) is 10.2. The highest BCUT2D eigenvalue weighted by atomic mass is 16.6. The van der Waals surface area contributed by atoms with Gasteiger partial charge in [-0.15, -0.1) is 0 Å². The van der Waals surface area contributed by atoms with Crippen LogP contribution >= 0.6 is 0 Å². The summed E-state index contributed by atoms with van der Waals surface area (Å²) in [7, 11) is 0. The number of ketones is 1. The summed E-state index contributed by atoms with van der Waals surface area (Å²) in [6.07, 6.45) is 2.64. The SMILES string of the molecule is C/C(=C\C=N)[C@@H]1C[C@@H]2O[C@]2(C)CCC[C@H](C)[C@H](O)[C@@H](C)C(=O)C(C)(C)[C@@H](O)CC(=O)O1. The Morgan fingerprint density at radius 2 is 1.84 bits per heavy atom. The monoisotopic (exact) mass is 437 g/mol. The largest absolute Gasteiger partial charge is 0.458 e. The molecule has 0 aromatic heterocycles. The van der Waals surface area contributed by atoms with E-state index < -0.39 is 35.6 Å². The zero-order valence-corrected chi connectivity index (χ0v) is 19.7. The van der Waals surface area contributed by atoms with E-state index in [1.807, 2.05) is 13.8 Å². The number of fused-ring (bicyclic) bond motifs is 1. The normalized spacial score (nSPS) is 40.6. The van der Waals surface area contributed by atoms with Gasteiger partial charge in [0.1, 0.15) is 11.9 Å². The van der Waals surface area contributed by atoms with Gasteiger partial charge in [-0.05, 0) is 44.3 Å². The van der Waals surface area contributed by atoms with Gasteiger partial charge >= 0.3 is 5.97 Å². The van der Waals surface area contributed by atoms with E-state index >= 15 is 0 Å². The van der Waals surface area contributed by atoms with Crippen molar-refractivity contribution in [2.45, 2.75) is 104 Å². The quantitative estimate of drug-likeness (QED) is 0.347. The molecule has 0 spiro atoms. The van der Waals surface area contributed by atoms with Crippen LogP contribution in [0, 0.1) is 22.7 Å². The lowest BCUT2D eigenvalue weighted by molar-refractivity contribution is -0.154. The van der Waals surface area contributed by atoms with E-state index in [0.29, 0.717) is 6.42 Å². The molecule has 2 fully saturated rings. The first-order valence-electron chi connectivity index (χ1n) is 11.3. The number of nitrogens with one attached hydrogen (secondary N) is 1. The average molecular weight is 438 g/mol. The molecular weight excluding hydrogens is 398 g/mol. The number of allylic oxidation sites excluding steroid dienone is 1. The Hall–Kier alpha value is -1.57. The van der Waals surface area contributed by atoms with Crippen LogP contribution < -0.4 is 0 Å². The van der Waals surface area contributed by atoms with Crippen molar-refractivity contribution < 1.29 is 29.3 Å². The number of esters is 1. The van der Waals surface area contributed by atoms with Crippen LogP contribution in [0.5, 0.6) is 0 Å². The molecule has 31 heavy (non-hydrogen) atoms. The number of hydrogen-bond donors (Lipinski definition) is 3. The van der Waals surface area contributed by atoms with Crippen LogP contribution in [0.15, 0.2) is 11.6 Å². The van der Waals surface area contributed by atoms with Crippen molar-refractivity contribution in [3.63, 3.8) is 0 Å². The lowest BCUT2D eigenvalue weighted by Gasteiger charge is -2.34. The molecule has 2 aliphatic heterocycles. The summed E-state index contributed by atoms with van der Waals surface area (Å²) in [5.41, 5.74) is -0.776. The molecule has 3 N–H and O–H groups in total. The van der Waals surface area contributed by atoms with Crippen LogP contribution in [0.25, 0.3) is 0 Å². The molecule has 2 aliphatic rings. The van der Waals surface area contributed by atoms with Gasteiger partial charge in [-0.3, -0.25) is 9.59 Å². The molecule has 7 atom stereocenters. The van der Waals surface area contributed by atoms with Crippen LogP contribution in [0.1, 0.15) is 73.6 Å². The highest BCUT2D eigenvalue weighted by Crippen LogP contribution is 2.45. The summed E-state index contributed by atoms with van der Waals surface area (Å²) in [5, 5.41) is 28.8. The summed E-state index contributed by atoms with van der Waals surface area (Å²) in [4.78, 5) is 25.7. The fraction of sp³-hybridized carbons (Fsp3) is 0.792. The predicted molar refractivity (Wildman–Crippen MR) is 118 cm³/mol.